The summed E-state index contributed by atoms with van der Waals surface area (Å²) in [6, 6.07) is 20.2. The molecular formula is C50H65N9O6. The Hall–Kier alpha value is -6.12. The summed E-state index contributed by atoms with van der Waals surface area (Å²) in [7, 11) is 2.60. The lowest BCUT2D eigenvalue weighted by Crippen LogP contribution is -2.51. The highest BCUT2D eigenvalue weighted by molar-refractivity contribution is 5.87. The first-order valence-electron chi connectivity index (χ1n) is 23.2. The maximum absolute atomic E-state index is 13.9. The van der Waals surface area contributed by atoms with Crippen molar-refractivity contribution in [1.29, 1.82) is 0 Å². The van der Waals surface area contributed by atoms with Crippen LogP contribution in [0.3, 0.4) is 0 Å². The minimum Gasteiger partial charge on any atom is -0.453 e. The number of carbonyl (C=O) groups is 4. The molecule has 0 aliphatic carbocycles. The summed E-state index contributed by atoms with van der Waals surface area (Å²) in [5, 5.41) is 5.49. The Morgan fingerprint density at radius 1 is 0.631 bits per heavy atom. The minimum atomic E-state index is -0.706. The molecule has 15 heteroatoms. The van der Waals surface area contributed by atoms with Gasteiger partial charge < -0.3 is 44.8 Å². The molecule has 5 heterocycles. The molecule has 4 N–H and O–H groups in total. The first-order valence-corrected chi connectivity index (χ1v) is 23.2. The van der Waals surface area contributed by atoms with Crippen LogP contribution in [0.15, 0.2) is 60.7 Å². The van der Waals surface area contributed by atoms with E-state index in [9.17, 15) is 19.2 Å². The van der Waals surface area contributed by atoms with Crippen molar-refractivity contribution in [3.05, 3.63) is 89.0 Å². The molecule has 0 saturated carbocycles. The molecule has 346 valence electrons. The molecule has 3 aliphatic heterocycles. The van der Waals surface area contributed by atoms with Crippen LogP contribution in [0.5, 0.6) is 0 Å². The molecule has 6 atom stereocenters. The van der Waals surface area contributed by atoms with E-state index in [0.717, 1.165) is 89.1 Å². The maximum Gasteiger partial charge on any atom is 0.407 e. The number of ether oxygens (including phenoxy) is 2. The Balaban J connectivity index is 1.09. The lowest BCUT2D eigenvalue weighted by Gasteiger charge is -2.34. The third-order valence-corrected chi connectivity index (χ3v) is 13.7. The zero-order chi connectivity index (χ0) is 46.3. The van der Waals surface area contributed by atoms with Gasteiger partial charge in [0.2, 0.25) is 11.8 Å². The van der Waals surface area contributed by atoms with Crippen LogP contribution in [0.4, 0.5) is 15.3 Å². The average molecular weight is 888 g/mol. The average Bonchev–Trinajstić information content (AvgIpc) is 4.14. The van der Waals surface area contributed by atoms with E-state index in [-0.39, 0.29) is 53.2 Å². The molecule has 5 aromatic rings. The molecular weight excluding hydrogens is 823 g/mol. The van der Waals surface area contributed by atoms with Crippen molar-refractivity contribution in [1.82, 2.24) is 40.4 Å². The normalized spacial score (nSPS) is 21.1. The van der Waals surface area contributed by atoms with Crippen LogP contribution in [-0.2, 0) is 24.5 Å². The maximum atomic E-state index is 13.9. The topological polar surface area (TPSA) is 178 Å². The van der Waals surface area contributed by atoms with Crippen molar-refractivity contribution in [2.24, 2.45) is 11.8 Å². The largest absolute Gasteiger partial charge is 0.453 e. The van der Waals surface area contributed by atoms with Gasteiger partial charge in [0.25, 0.3) is 0 Å². The molecule has 65 heavy (non-hydrogen) atoms. The van der Waals surface area contributed by atoms with Crippen LogP contribution in [0.1, 0.15) is 139 Å². The van der Waals surface area contributed by atoms with E-state index in [2.05, 4.69) is 107 Å². The summed E-state index contributed by atoms with van der Waals surface area (Å²) in [5.41, 5.74) is 8.26. The molecule has 0 unspecified atom stereocenters. The summed E-state index contributed by atoms with van der Waals surface area (Å²) >= 11 is 0. The molecule has 3 saturated heterocycles. The number of nitrogens with one attached hydrogen (secondary N) is 4. The molecule has 3 aromatic carbocycles. The van der Waals surface area contributed by atoms with Gasteiger partial charge in [-0.3, -0.25) is 9.59 Å². The van der Waals surface area contributed by atoms with Gasteiger partial charge >= 0.3 is 12.2 Å². The number of methoxy groups -OCH3 is 2. The number of nitrogens with zero attached hydrogens (tertiary/aromatic N) is 5. The number of H-pyrrole nitrogens is 2. The van der Waals surface area contributed by atoms with Gasteiger partial charge in [-0.15, -0.1) is 0 Å². The standard InChI is InChI=1S/C50H65N9O6/c1-28(2)42(55-48(62)64-8)46(60)57-24-10-12-40(57)44-51-34-20-14-30(26-36(34)53-44)38-22-23-39(59(38)33-18-16-32(17-19-33)50(5,6)7)31-15-21-35-37(27-31)54-45(52-35)41-13-11-25-58(41)47(61)43(29(3)4)56-49(63)65-9/h14-21,26-29,38-43H,10-13,22-25H2,1-9H3,(H,51,53)(H,52,54)(H,55,62)(H,56,63)/t38-,39-,40+,41+,42+,43+/m1/s1. The highest BCUT2D eigenvalue weighted by atomic mass is 16.5. The fraction of sp³-hybridized carbons (Fsp3) is 0.520. The summed E-state index contributed by atoms with van der Waals surface area (Å²) in [5.74, 6) is 0.982. The molecule has 4 amide bonds. The number of aromatic amines is 2. The van der Waals surface area contributed by atoms with Gasteiger partial charge in [0.05, 0.1) is 60.5 Å². The van der Waals surface area contributed by atoms with Crippen molar-refractivity contribution in [2.75, 3.05) is 32.2 Å². The van der Waals surface area contributed by atoms with E-state index >= 15 is 0 Å². The number of rotatable bonds is 11. The second-order valence-corrected chi connectivity index (χ2v) is 19.7. The molecule has 3 fully saturated rings. The third-order valence-electron chi connectivity index (χ3n) is 13.7. The lowest BCUT2D eigenvalue weighted by molar-refractivity contribution is -0.136. The monoisotopic (exact) mass is 888 g/mol. The van der Waals surface area contributed by atoms with Crippen LogP contribution < -0.4 is 15.5 Å². The molecule has 0 bridgehead atoms. The predicted octanol–water partition coefficient (Wildman–Crippen LogP) is 8.91. The zero-order valence-corrected chi connectivity index (χ0v) is 39.2. The lowest BCUT2D eigenvalue weighted by atomic mass is 9.87. The molecule has 0 spiro atoms. The van der Waals surface area contributed by atoms with Crippen molar-refractivity contribution in [2.45, 2.75) is 129 Å². The Morgan fingerprint density at radius 3 is 1.45 bits per heavy atom. The molecule has 2 aromatic heterocycles. The number of anilines is 1. The summed E-state index contributed by atoms with van der Waals surface area (Å²) in [6.45, 7) is 15.5. The quantitative estimate of drug-likeness (QED) is 0.101. The van der Waals surface area contributed by atoms with Gasteiger partial charge in [-0.25, -0.2) is 19.6 Å². The molecule has 3 aliphatic rings. The summed E-state index contributed by atoms with van der Waals surface area (Å²) in [6.07, 6.45) is 3.82. The zero-order valence-electron chi connectivity index (χ0n) is 39.2. The first kappa shape index (κ1) is 45.4. The predicted molar refractivity (Wildman–Crippen MR) is 250 cm³/mol. The number of imidazole rings is 2. The summed E-state index contributed by atoms with van der Waals surface area (Å²) in [4.78, 5) is 75.7. The fourth-order valence-corrected chi connectivity index (χ4v) is 10.2. The highest BCUT2D eigenvalue weighted by Gasteiger charge is 2.40. The van der Waals surface area contributed by atoms with E-state index in [1.165, 1.54) is 19.8 Å². The minimum absolute atomic E-state index is 0.00781. The molecule has 8 rings (SSSR count). The van der Waals surface area contributed by atoms with E-state index in [1.807, 2.05) is 37.5 Å². The number of fused-ring (bicyclic) bond motifs is 2. The Morgan fingerprint density at radius 2 is 1.06 bits per heavy atom. The Bertz CT molecular complexity index is 2390. The van der Waals surface area contributed by atoms with Crippen LogP contribution in [-0.4, -0.2) is 93.1 Å². The van der Waals surface area contributed by atoms with Crippen LogP contribution in [0.25, 0.3) is 22.1 Å². The number of hydrogen-bond donors (Lipinski definition) is 4. The smallest absolute Gasteiger partial charge is 0.407 e. The summed E-state index contributed by atoms with van der Waals surface area (Å²) < 4.78 is 9.66. The van der Waals surface area contributed by atoms with Gasteiger partial charge in [0, 0.05) is 18.8 Å². The molecule has 0 radical (unpaired) electrons. The number of amides is 4. The number of alkyl carbamates (subject to hydrolysis) is 2. The second kappa shape index (κ2) is 18.4. The number of carbonyl (C=O) groups excluding carboxylic acids is 4. The van der Waals surface area contributed by atoms with E-state index < -0.39 is 24.3 Å². The van der Waals surface area contributed by atoms with Gasteiger partial charge in [-0.1, -0.05) is 72.7 Å². The van der Waals surface area contributed by atoms with Crippen LogP contribution >= 0.6 is 0 Å². The fourth-order valence-electron chi connectivity index (χ4n) is 10.2. The number of hydrogen-bond acceptors (Lipinski definition) is 9. The van der Waals surface area contributed by atoms with Crippen molar-refractivity contribution < 1.29 is 28.7 Å². The van der Waals surface area contributed by atoms with Gasteiger partial charge in [0.15, 0.2) is 0 Å². The SMILES string of the molecule is COC(=O)N[C@H](C(=O)N1CCC[C@H]1c1nc2cc([C@H]3CC[C@H](c4ccc5[nH]c([C@@H]6CCCN6C(=O)[C@@H](NC(=O)OC)C(C)C)nc5c4)N3c3ccc(C(C)(C)C)cc3)ccc2[nH]1)C(C)C. The number of likely N-dealkylation sites (tertiary alicyclic amines) is 2. The van der Waals surface area contributed by atoms with E-state index in [0.29, 0.717) is 13.1 Å². The number of aromatic nitrogens is 4. The highest BCUT2D eigenvalue weighted by Crippen LogP contribution is 2.48. The first-order chi connectivity index (χ1) is 31.1. The molecule has 15 nitrogen and oxygen atoms in total. The van der Waals surface area contributed by atoms with Gasteiger partial charge in [-0.2, -0.15) is 0 Å². The van der Waals surface area contributed by atoms with E-state index in [4.69, 9.17) is 19.4 Å². The van der Waals surface area contributed by atoms with Crippen molar-refractivity contribution >= 4 is 51.8 Å². The number of benzene rings is 3. The van der Waals surface area contributed by atoms with E-state index in [1.54, 1.807) is 0 Å². The van der Waals surface area contributed by atoms with Crippen LogP contribution in [0, 0.1) is 11.8 Å². The Labute approximate surface area is 381 Å². The van der Waals surface area contributed by atoms with Crippen molar-refractivity contribution in [3.63, 3.8) is 0 Å². The van der Waals surface area contributed by atoms with Gasteiger partial charge in [0.1, 0.15) is 23.7 Å². The van der Waals surface area contributed by atoms with Gasteiger partial charge in [-0.05, 0) is 109 Å². The third kappa shape index (κ3) is 9.11. The Kier molecular flexibility index (Phi) is 12.9. The van der Waals surface area contributed by atoms with Crippen LogP contribution in [0.2, 0.25) is 0 Å². The second-order valence-electron chi connectivity index (χ2n) is 19.7. The van der Waals surface area contributed by atoms with Crippen molar-refractivity contribution in [3.8, 4) is 0 Å².